The Labute approximate surface area is 183 Å². The van der Waals surface area contributed by atoms with E-state index in [-0.39, 0.29) is 6.29 Å². The molecule has 1 saturated carbocycles. The fourth-order valence-corrected chi connectivity index (χ4v) is 11.1. The quantitative estimate of drug-likeness (QED) is 0.137. The van der Waals surface area contributed by atoms with Crippen LogP contribution in [0, 0.1) is 5.41 Å². The average molecular weight is 427 g/mol. The number of ether oxygens (including phenoxy) is 2. The molecule has 0 bridgehead atoms. The lowest BCUT2D eigenvalue weighted by Crippen LogP contribution is -2.51. The average Bonchev–Trinajstić information content (AvgIpc) is 2.62. The first-order valence-corrected chi connectivity index (χ1v) is 14.1. The van der Waals surface area contributed by atoms with Crippen LogP contribution in [-0.4, -0.2) is 34.9 Å². The van der Waals surface area contributed by atoms with E-state index in [0.29, 0.717) is 28.1 Å². The fraction of sp³-hybridized carbons (Fsp3) is 0.920. The largest absolute Gasteiger partial charge is 0.409 e. The zero-order valence-corrected chi connectivity index (χ0v) is 22.1. The van der Waals surface area contributed by atoms with Gasteiger partial charge in [0.25, 0.3) is 0 Å². The predicted octanol–water partition coefficient (Wildman–Crippen LogP) is 7.86. The first-order chi connectivity index (χ1) is 13.5. The van der Waals surface area contributed by atoms with E-state index in [9.17, 15) is 0 Å². The standard InChI is InChI=1S/C25H50O3Si/c1-19(2)29(20(3)4,21(5)6)28-23-16-17-25(7,8)18-22(23)14-12-11-13-15-24(26-9)27-10/h14,19-21,23-24H,11-13,15-18H2,1-10H3/b22-14-/t23-/m0/s1. The Kier molecular flexibility index (Phi) is 11.1. The third-order valence-electron chi connectivity index (χ3n) is 7.06. The normalized spacial score (nSPS) is 21.9. The Hall–Kier alpha value is -0.163. The number of allylic oxidation sites excluding steroid dienone is 1. The van der Waals surface area contributed by atoms with E-state index in [4.69, 9.17) is 13.9 Å². The van der Waals surface area contributed by atoms with Gasteiger partial charge in [0.05, 0.1) is 6.10 Å². The maximum atomic E-state index is 7.23. The molecule has 29 heavy (non-hydrogen) atoms. The lowest BCUT2D eigenvalue weighted by Gasteiger charge is -2.47. The van der Waals surface area contributed by atoms with Gasteiger partial charge in [-0.3, -0.25) is 0 Å². The van der Waals surface area contributed by atoms with Crippen LogP contribution in [0.15, 0.2) is 11.6 Å². The Morgan fingerprint density at radius 3 is 2.00 bits per heavy atom. The van der Waals surface area contributed by atoms with Crippen LogP contribution in [0.25, 0.3) is 0 Å². The minimum absolute atomic E-state index is 0.0675. The van der Waals surface area contributed by atoms with E-state index < -0.39 is 8.32 Å². The van der Waals surface area contributed by atoms with E-state index in [1.807, 2.05) is 0 Å². The first kappa shape index (κ1) is 26.9. The molecular weight excluding hydrogens is 376 g/mol. The molecule has 3 nitrogen and oxygen atoms in total. The zero-order chi connectivity index (χ0) is 22.2. The lowest BCUT2D eigenvalue weighted by molar-refractivity contribution is -0.107. The van der Waals surface area contributed by atoms with Crippen molar-refractivity contribution in [2.45, 2.75) is 129 Å². The summed E-state index contributed by atoms with van der Waals surface area (Å²) in [6.45, 7) is 19.2. The van der Waals surface area contributed by atoms with Crippen LogP contribution in [-0.2, 0) is 13.9 Å². The van der Waals surface area contributed by atoms with Crippen LogP contribution in [0.2, 0.25) is 16.6 Å². The maximum Gasteiger partial charge on any atom is 0.201 e. The molecule has 172 valence electrons. The molecule has 0 amide bonds. The highest BCUT2D eigenvalue weighted by Gasteiger charge is 2.47. The summed E-state index contributed by atoms with van der Waals surface area (Å²) in [5, 5.41) is 0. The van der Waals surface area contributed by atoms with Gasteiger partial charge in [-0.05, 0) is 72.6 Å². The molecule has 1 atom stereocenters. The molecule has 1 rings (SSSR count). The minimum atomic E-state index is -1.86. The molecule has 1 aliphatic carbocycles. The molecule has 0 aromatic carbocycles. The smallest absolute Gasteiger partial charge is 0.201 e. The molecule has 0 aliphatic heterocycles. The van der Waals surface area contributed by atoms with E-state index in [0.717, 1.165) is 19.3 Å². The highest BCUT2D eigenvalue weighted by atomic mass is 28.4. The van der Waals surface area contributed by atoms with Crippen LogP contribution in [0.3, 0.4) is 0 Å². The van der Waals surface area contributed by atoms with E-state index in [1.165, 1.54) is 25.7 Å². The summed E-state index contributed by atoms with van der Waals surface area (Å²) in [5.74, 6) is 0. The molecule has 0 aromatic heterocycles. The maximum absolute atomic E-state index is 7.23. The summed E-state index contributed by atoms with van der Waals surface area (Å²) in [4.78, 5) is 0. The Balaban J connectivity index is 2.90. The summed E-state index contributed by atoms with van der Waals surface area (Å²) in [5.41, 5.74) is 3.87. The zero-order valence-electron chi connectivity index (χ0n) is 21.1. The van der Waals surface area contributed by atoms with Crippen molar-refractivity contribution in [1.82, 2.24) is 0 Å². The Bertz CT molecular complexity index is 471. The molecule has 0 unspecified atom stereocenters. The third kappa shape index (κ3) is 7.48. The molecule has 4 heteroatoms. The van der Waals surface area contributed by atoms with Gasteiger partial charge in [-0.25, -0.2) is 0 Å². The minimum Gasteiger partial charge on any atom is -0.409 e. The second-order valence-corrected chi connectivity index (χ2v) is 16.2. The second-order valence-electron chi connectivity index (χ2n) is 10.8. The number of methoxy groups -OCH3 is 2. The molecule has 0 saturated heterocycles. The Morgan fingerprint density at radius 1 is 0.966 bits per heavy atom. The molecule has 1 aliphatic rings. The highest BCUT2D eigenvalue weighted by molar-refractivity contribution is 6.77. The van der Waals surface area contributed by atoms with E-state index in [1.54, 1.807) is 19.8 Å². The van der Waals surface area contributed by atoms with Crippen LogP contribution in [0.5, 0.6) is 0 Å². The molecule has 1 fully saturated rings. The molecule has 0 N–H and O–H groups in total. The SMILES string of the molecule is COC(CCCC/C=C1/CC(C)(C)CC[C@@H]1O[Si](C(C)C)(C(C)C)C(C)C)OC. The van der Waals surface area contributed by atoms with Gasteiger partial charge in [0.15, 0.2) is 6.29 Å². The van der Waals surface area contributed by atoms with Gasteiger partial charge in [-0.1, -0.05) is 61.5 Å². The van der Waals surface area contributed by atoms with Crippen LogP contribution < -0.4 is 0 Å². The van der Waals surface area contributed by atoms with E-state index >= 15 is 0 Å². The topological polar surface area (TPSA) is 27.7 Å². The van der Waals surface area contributed by atoms with Crippen LogP contribution in [0.1, 0.15) is 100 Å². The molecular formula is C25H50O3Si. The third-order valence-corrected chi connectivity index (χ3v) is 13.2. The summed E-state index contributed by atoms with van der Waals surface area (Å²) in [7, 11) is 1.58. The summed E-state index contributed by atoms with van der Waals surface area (Å²) in [6, 6.07) is 0. The molecule has 0 spiro atoms. The van der Waals surface area contributed by atoms with Crippen molar-refractivity contribution in [1.29, 1.82) is 0 Å². The van der Waals surface area contributed by atoms with Crippen LogP contribution in [0.4, 0.5) is 0 Å². The lowest BCUT2D eigenvalue weighted by atomic mass is 9.73. The number of rotatable bonds is 12. The highest BCUT2D eigenvalue weighted by Crippen LogP contribution is 2.47. The summed E-state index contributed by atoms with van der Waals surface area (Å²) in [6.07, 6.45) is 10.8. The summed E-state index contributed by atoms with van der Waals surface area (Å²) < 4.78 is 17.8. The van der Waals surface area contributed by atoms with Gasteiger partial charge >= 0.3 is 0 Å². The Morgan fingerprint density at radius 2 is 1.52 bits per heavy atom. The monoisotopic (exact) mass is 426 g/mol. The first-order valence-electron chi connectivity index (χ1n) is 11.9. The van der Waals surface area contributed by atoms with Gasteiger partial charge in [0, 0.05) is 14.2 Å². The number of hydrogen-bond donors (Lipinski definition) is 0. The second kappa shape index (κ2) is 12.0. The van der Waals surface area contributed by atoms with Gasteiger partial charge in [-0.2, -0.15) is 0 Å². The number of unbranched alkanes of at least 4 members (excludes halogenated alkanes) is 2. The van der Waals surface area contributed by atoms with Crippen molar-refractivity contribution in [2.24, 2.45) is 5.41 Å². The van der Waals surface area contributed by atoms with Gasteiger partial charge in [0.2, 0.25) is 8.32 Å². The van der Waals surface area contributed by atoms with Crippen molar-refractivity contribution < 1.29 is 13.9 Å². The van der Waals surface area contributed by atoms with Crippen molar-refractivity contribution >= 4 is 8.32 Å². The molecule has 0 radical (unpaired) electrons. The molecule has 0 aromatic rings. The predicted molar refractivity (Wildman–Crippen MR) is 128 cm³/mol. The van der Waals surface area contributed by atoms with E-state index in [2.05, 4.69) is 61.5 Å². The van der Waals surface area contributed by atoms with Crippen molar-refractivity contribution in [2.75, 3.05) is 14.2 Å². The summed E-state index contributed by atoms with van der Waals surface area (Å²) >= 11 is 0. The van der Waals surface area contributed by atoms with Crippen molar-refractivity contribution in [3.8, 4) is 0 Å². The van der Waals surface area contributed by atoms with Crippen molar-refractivity contribution in [3.05, 3.63) is 11.6 Å². The molecule has 0 heterocycles. The van der Waals surface area contributed by atoms with Gasteiger partial charge in [-0.15, -0.1) is 0 Å². The fourth-order valence-electron chi connectivity index (χ4n) is 5.53. The van der Waals surface area contributed by atoms with Crippen molar-refractivity contribution in [3.63, 3.8) is 0 Å². The number of hydrogen-bond acceptors (Lipinski definition) is 3. The van der Waals surface area contributed by atoms with Gasteiger partial charge < -0.3 is 13.9 Å². The van der Waals surface area contributed by atoms with Crippen LogP contribution >= 0.6 is 0 Å². The van der Waals surface area contributed by atoms with Gasteiger partial charge in [0.1, 0.15) is 0 Å².